The number of aromatic nitrogens is 2. The maximum Gasteiger partial charge on any atom is 0.340 e. The van der Waals surface area contributed by atoms with Crippen LogP contribution in [0.2, 0.25) is 0 Å². The monoisotopic (exact) mass is 420 g/mol. The average Bonchev–Trinajstić information content (AvgIpc) is 3.33. The number of carbonyl (C=O) groups is 2. The Bertz CT molecular complexity index is 1040. The number of hydrogen-bond acceptors (Lipinski definition) is 6. The Labute approximate surface area is 180 Å². The molecule has 8 heteroatoms. The first-order valence-electron chi connectivity index (χ1n) is 10.1. The number of benzene rings is 2. The van der Waals surface area contributed by atoms with Crippen LogP contribution in [0.15, 0.2) is 60.9 Å². The third-order valence-corrected chi connectivity index (χ3v) is 5.15. The van der Waals surface area contributed by atoms with Crippen molar-refractivity contribution in [3.8, 4) is 0 Å². The van der Waals surface area contributed by atoms with E-state index in [1.165, 1.54) is 7.11 Å². The Balaban J connectivity index is 1.50. The SMILES string of the molecule is COC(=O)c1cc(N2CCOCC2)ccc1NC(=O)c1ccc(Cn2cccn2)cc1. The van der Waals surface area contributed by atoms with Crippen molar-refractivity contribution in [3.05, 3.63) is 77.6 Å². The molecule has 160 valence electrons. The third kappa shape index (κ3) is 4.92. The zero-order chi connectivity index (χ0) is 21.6. The summed E-state index contributed by atoms with van der Waals surface area (Å²) in [5.74, 6) is -0.796. The summed E-state index contributed by atoms with van der Waals surface area (Å²) in [5.41, 5.74) is 3.15. The van der Waals surface area contributed by atoms with E-state index in [1.54, 1.807) is 30.5 Å². The van der Waals surface area contributed by atoms with Crippen LogP contribution in [0.25, 0.3) is 0 Å². The van der Waals surface area contributed by atoms with Crippen molar-refractivity contribution in [1.29, 1.82) is 0 Å². The summed E-state index contributed by atoms with van der Waals surface area (Å²) in [5, 5.41) is 7.02. The zero-order valence-electron chi connectivity index (χ0n) is 17.3. The maximum atomic E-state index is 12.8. The highest BCUT2D eigenvalue weighted by Gasteiger charge is 2.19. The molecule has 0 atom stereocenters. The van der Waals surface area contributed by atoms with Gasteiger partial charge in [0.1, 0.15) is 0 Å². The Kier molecular flexibility index (Phi) is 6.28. The van der Waals surface area contributed by atoms with Crippen molar-refractivity contribution in [2.45, 2.75) is 6.54 Å². The zero-order valence-corrected chi connectivity index (χ0v) is 17.3. The van der Waals surface area contributed by atoms with Gasteiger partial charge in [0, 0.05) is 36.7 Å². The minimum absolute atomic E-state index is 0.296. The second-order valence-corrected chi connectivity index (χ2v) is 7.18. The van der Waals surface area contributed by atoms with E-state index in [2.05, 4.69) is 15.3 Å². The molecule has 0 bridgehead atoms. The van der Waals surface area contributed by atoms with Crippen LogP contribution in [0.5, 0.6) is 0 Å². The average molecular weight is 420 g/mol. The molecule has 4 rings (SSSR count). The summed E-state index contributed by atoms with van der Waals surface area (Å²) < 4.78 is 12.1. The molecule has 0 unspecified atom stereocenters. The van der Waals surface area contributed by atoms with Gasteiger partial charge in [-0.25, -0.2) is 4.79 Å². The van der Waals surface area contributed by atoms with Crippen LogP contribution in [0.4, 0.5) is 11.4 Å². The lowest BCUT2D eigenvalue weighted by Crippen LogP contribution is -2.36. The molecule has 1 amide bonds. The molecule has 2 heterocycles. The van der Waals surface area contributed by atoms with Crippen molar-refractivity contribution in [2.24, 2.45) is 0 Å². The molecule has 8 nitrogen and oxygen atoms in total. The minimum atomic E-state index is -0.500. The molecule has 1 aromatic heterocycles. The van der Waals surface area contributed by atoms with Gasteiger partial charge in [0.15, 0.2) is 0 Å². The molecule has 1 saturated heterocycles. The highest BCUT2D eigenvalue weighted by atomic mass is 16.5. The first kappa shape index (κ1) is 20.6. The standard InChI is InChI=1S/C23H24N4O4/c1-30-23(29)20-15-19(26-11-13-31-14-12-26)7-8-21(20)25-22(28)18-5-3-17(4-6-18)16-27-10-2-9-24-27/h2-10,15H,11-14,16H2,1H3,(H,25,28). The van der Waals surface area contributed by atoms with Crippen LogP contribution >= 0.6 is 0 Å². The number of morpholine rings is 1. The van der Waals surface area contributed by atoms with Gasteiger partial charge in [0.05, 0.1) is 38.1 Å². The number of carbonyl (C=O) groups excluding carboxylic acids is 2. The van der Waals surface area contributed by atoms with Crippen LogP contribution in [0.1, 0.15) is 26.3 Å². The number of rotatable bonds is 6. The van der Waals surface area contributed by atoms with E-state index >= 15 is 0 Å². The molecule has 1 fully saturated rings. The van der Waals surface area contributed by atoms with Crippen molar-refractivity contribution in [1.82, 2.24) is 9.78 Å². The Hall–Kier alpha value is -3.65. The lowest BCUT2D eigenvalue weighted by atomic mass is 10.1. The summed E-state index contributed by atoms with van der Waals surface area (Å²) in [6, 6.07) is 14.5. The Morgan fingerprint density at radius 1 is 1.13 bits per heavy atom. The Morgan fingerprint density at radius 3 is 2.58 bits per heavy atom. The topological polar surface area (TPSA) is 85.7 Å². The summed E-state index contributed by atoms with van der Waals surface area (Å²) in [6.45, 7) is 3.41. The molecular weight excluding hydrogens is 396 g/mol. The molecule has 2 aromatic carbocycles. The maximum absolute atomic E-state index is 12.8. The lowest BCUT2D eigenvalue weighted by Gasteiger charge is -2.29. The molecule has 0 radical (unpaired) electrons. The lowest BCUT2D eigenvalue weighted by molar-refractivity contribution is 0.0602. The van der Waals surface area contributed by atoms with Gasteiger partial charge in [0.25, 0.3) is 5.91 Å². The van der Waals surface area contributed by atoms with Gasteiger partial charge in [-0.3, -0.25) is 9.48 Å². The molecule has 1 aliphatic heterocycles. The van der Waals surface area contributed by atoms with Gasteiger partial charge in [-0.2, -0.15) is 5.10 Å². The first-order valence-corrected chi connectivity index (χ1v) is 10.1. The second-order valence-electron chi connectivity index (χ2n) is 7.18. The van der Waals surface area contributed by atoms with E-state index in [1.807, 2.05) is 35.1 Å². The molecular formula is C23H24N4O4. The van der Waals surface area contributed by atoms with Crippen molar-refractivity contribution in [2.75, 3.05) is 43.6 Å². The summed E-state index contributed by atoms with van der Waals surface area (Å²) in [4.78, 5) is 27.3. The van der Waals surface area contributed by atoms with Crippen molar-refractivity contribution < 1.29 is 19.1 Å². The predicted octanol–water partition coefficient (Wildman–Crippen LogP) is 2.81. The number of nitrogens with one attached hydrogen (secondary N) is 1. The number of anilines is 2. The van der Waals surface area contributed by atoms with E-state index < -0.39 is 5.97 Å². The summed E-state index contributed by atoms with van der Waals surface area (Å²) >= 11 is 0. The molecule has 1 aliphatic rings. The quantitative estimate of drug-likeness (QED) is 0.618. The summed E-state index contributed by atoms with van der Waals surface area (Å²) in [7, 11) is 1.33. The van der Waals surface area contributed by atoms with Crippen molar-refractivity contribution in [3.63, 3.8) is 0 Å². The second kappa shape index (κ2) is 9.44. The van der Waals surface area contributed by atoms with Crippen LogP contribution < -0.4 is 10.2 Å². The van der Waals surface area contributed by atoms with Gasteiger partial charge < -0.3 is 19.7 Å². The number of methoxy groups -OCH3 is 1. The number of amides is 1. The normalized spacial score (nSPS) is 13.6. The fourth-order valence-electron chi connectivity index (χ4n) is 3.48. The molecule has 31 heavy (non-hydrogen) atoms. The smallest absolute Gasteiger partial charge is 0.340 e. The van der Waals surface area contributed by atoms with E-state index in [9.17, 15) is 9.59 Å². The highest BCUT2D eigenvalue weighted by Crippen LogP contribution is 2.25. The van der Waals surface area contributed by atoms with Crippen LogP contribution in [-0.2, 0) is 16.0 Å². The number of nitrogens with zero attached hydrogens (tertiary/aromatic N) is 3. The first-order chi connectivity index (χ1) is 15.1. The van der Waals surface area contributed by atoms with Gasteiger partial charge in [-0.15, -0.1) is 0 Å². The molecule has 1 N–H and O–H groups in total. The predicted molar refractivity (Wildman–Crippen MR) is 117 cm³/mol. The molecule has 0 saturated carbocycles. The fraction of sp³-hybridized carbons (Fsp3) is 0.261. The van der Waals surface area contributed by atoms with Gasteiger partial charge in [0.2, 0.25) is 0 Å². The Morgan fingerprint density at radius 2 is 1.90 bits per heavy atom. The third-order valence-electron chi connectivity index (χ3n) is 5.15. The van der Waals surface area contributed by atoms with Crippen LogP contribution in [0.3, 0.4) is 0 Å². The molecule has 0 aliphatic carbocycles. The van der Waals surface area contributed by atoms with E-state index in [0.29, 0.717) is 36.6 Å². The van der Waals surface area contributed by atoms with Crippen molar-refractivity contribution >= 4 is 23.3 Å². The number of esters is 1. The minimum Gasteiger partial charge on any atom is -0.465 e. The van der Waals surface area contributed by atoms with E-state index in [4.69, 9.17) is 9.47 Å². The highest BCUT2D eigenvalue weighted by molar-refractivity contribution is 6.08. The number of hydrogen-bond donors (Lipinski definition) is 1. The van der Waals surface area contributed by atoms with Gasteiger partial charge >= 0.3 is 5.97 Å². The van der Waals surface area contributed by atoms with Gasteiger partial charge in [-0.1, -0.05) is 12.1 Å². The molecule has 0 spiro atoms. The summed E-state index contributed by atoms with van der Waals surface area (Å²) in [6.07, 6.45) is 3.61. The van der Waals surface area contributed by atoms with Crippen LogP contribution in [-0.4, -0.2) is 55.1 Å². The fourth-order valence-corrected chi connectivity index (χ4v) is 3.48. The van der Waals surface area contributed by atoms with Gasteiger partial charge in [-0.05, 0) is 42.0 Å². The van der Waals surface area contributed by atoms with E-state index in [0.717, 1.165) is 24.3 Å². The number of ether oxygens (including phenoxy) is 2. The molecule has 3 aromatic rings. The van der Waals surface area contributed by atoms with Crippen LogP contribution in [0, 0.1) is 0 Å². The van der Waals surface area contributed by atoms with E-state index in [-0.39, 0.29) is 5.91 Å². The largest absolute Gasteiger partial charge is 0.465 e.